The summed E-state index contributed by atoms with van der Waals surface area (Å²) in [5, 5.41) is 13.9. The fourth-order valence-electron chi connectivity index (χ4n) is 3.93. The molecule has 192 valence electrons. The molecule has 0 aromatic heterocycles. The molecular formula is C28H33ClN2O4S. The molecule has 0 spiro atoms. The number of rotatable bonds is 7. The van der Waals surface area contributed by atoms with E-state index in [0.29, 0.717) is 21.8 Å². The van der Waals surface area contributed by atoms with E-state index in [1.165, 1.54) is 12.1 Å². The van der Waals surface area contributed by atoms with Crippen molar-refractivity contribution in [1.29, 1.82) is 0 Å². The monoisotopic (exact) mass is 528 g/mol. The molecule has 0 bridgehead atoms. The van der Waals surface area contributed by atoms with E-state index in [1.807, 2.05) is 58.0 Å². The van der Waals surface area contributed by atoms with Gasteiger partial charge in [0.15, 0.2) is 0 Å². The Hall–Kier alpha value is -2.87. The molecular weight excluding hydrogens is 496 g/mol. The third kappa shape index (κ3) is 6.46. The number of benzene rings is 3. The van der Waals surface area contributed by atoms with Crippen molar-refractivity contribution < 1.29 is 18.3 Å². The maximum absolute atomic E-state index is 13.3. The van der Waals surface area contributed by atoms with Crippen LogP contribution in [0.3, 0.4) is 0 Å². The number of aliphatic hydroxyl groups is 1. The molecule has 6 nitrogen and oxygen atoms in total. The molecule has 2 amide bonds. The van der Waals surface area contributed by atoms with Gasteiger partial charge in [-0.05, 0) is 83.8 Å². The number of sulfonamides is 1. The van der Waals surface area contributed by atoms with E-state index >= 15 is 0 Å². The quantitative estimate of drug-likeness (QED) is 0.308. The van der Waals surface area contributed by atoms with Crippen LogP contribution in [0.15, 0.2) is 65.6 Å². The average molecular weight is 529 g/mol. The zero-order chi connectivity index (χ0) is 26.8. The molecule has 0 atom stereocenters. The molecule has 0 saturated carbocycles. The van der Waals surface area contributed by atoms with Crippen molar-refractivity contribution >= 4 is 33.3 Å². The standard InChI is InChI=1S/C28H33ClN2O4S/c1-17(2)24-15-22(29)16-25(18(3)4)26(24)30-27(32)31-36(34,35)23-13-20(19-10-8-7-9-11-19)12-21(14-23)28(5,6)33/h7-18,33H,1-6H3,(H2,30,31,32). The Bertz CT molecular complexity index is 1330. The number of hydrogen-bond donors (Lipinski definition) is 3. The van der Waals surface area contributed by atoms with Gasteiger partial charge in [-0.1, -0.05) is 69.6 Å². The second kappa shape index (κ2) is 10.6. The lowest BCUT2D eigenvalue weighted by atomic mass is 9.92. The molecule has 0 aliphatic heterocycles. The molecule has 0 radical (unpaired) electrons. The van der Waals surface area contributed by atoms with Gasteiger partial charge in [-0.15, -0.1) is 0 Å². The topological polar surface area (TPSA) is 95.5 Å². The summed E-state index contributed by atoms with van der Waals surface area (Å²) < 4.78 is 28.8. The van der Waals surface area contributed by atoms with Gasteiger partial charge in [0.2, 0.25) is 0 Å². The maximum Gasteiger partial charge on any atom is 0.333 e. The van der Waals surface area contributed by atoms with Crippen LogP contribution in [-0.4, -0.2) is 19.6 Å². The molecule has 0 aliphatic carbocycles. The van der Waals surface area contributed by atoms with Crippen LogP contribution in [0.1, 0.15) is 70.1 Å². The Morgan fingerprint density at radius 2 is 1.44 bits per heavy atom. The highest BCUT2D eigenvalue weighted by Crippen LogP contribution is 2.36. The molecule has 0 heterocycles. The fourth-order valence-corrected chi connectivity index (χ4v) is 5.14. The highest BCUT2D eigenvalue weighted by molar-refractivity contribution is 7.90. The van der Waals surface area contributed by atoms with Crippen LogP contribution in [0.5, 0.6) is 0 Å². The minimum atomic E-state index is -4.27. The van der Waals surface area contributed by atoms with Crippen molar-refractivity contribution in [3.05, 3.63) is 82.4 Å². The molecule has 3 aromatic carbocycles. The van der Waals surface area contributed by atoms with E-state index < -0.39 is 21.7 Å². The number of anilines is 1. The average Bonchev–Trinajstić information content (AvgIpc) is 2.79. The third-order valence-corrected chi connectivity index (χ3v) is 7.43. The predicted octanol–water partition coefficient (Wildman–Crippen LogP) is 6.99. The number of nitrogens with one attached hydrogen (secondary N) is 2. The Labute approximate surface area is 218 Å². The van der Waals surface area contributed by atoms with Gasteiger partial charge in [0.25, 0.3) is 10.0 Å². The first-order valence-electron chi connectivity index (χ1n) is 11.8. The van der Waals surface area contributed by atoms with Gasteiger partial charge in [0.05, 0.1) is 10.5 Å². The molecule has 8 heteroatoms. The predicted molar refractivity (Wildman–Crippen MR) is 146 cm³/mol. The van der Waals surface area contributed by atoms with E-state index in [-0.39, 0.29) is 16.7 Å². The van der Waals surface area contributed by atoms with Crippen molar-refractivity contribution in [2.24, 2.45) is 0 Å². The van der Waals surface area contributed by atoms with Crippen LogP contribution in [-0.2, 0) is 15.6 Å². The number of carbonyl (C=O) groups is 1. The lowest BCUT2D eigenvalue weighted by molar-refractivity contribution is 0.0784. The highest BCUT2D eigenvalue weighted by Gasteiger charge is 2.25. The summed E-state index contributed by atoms with van der Waals surface area (Å²) in [6.45, 7) is 11.1. The van der Waals surface area contributed by atoms with E-state index in [2.05, 4.69) is 10.0 Å². The van der Waals surface area contributed by atoms with Gasteiger partial charge in [-0.25, -0.2) is 17.9 Å². The summed E-state index contributed by atoms with van der Waals surface area (Å²) in [6.07, 6.45) is 0. The summed E-state index contributed by atoms with van der Waals surface area (Å²) in [5.41, 5.74) is 2.69. The Morgan fingerprint density at radius 1 is 0.889 bits per heavy atom. The van der Waals surface area contributed by atoms with E-state index in [1.54, 1.807) is 32.0 Å². The van der Waals surface area contributed by atoms with Crippen molar-refractivity contribution in [1.82, 2.24) is 4.72 Å². The molecule has 3 aromatic rings. The second-order valence-corrected chi connectivity index (χ2v) is 12.1. The van der Waals surface area contributed by atoms with Crippen LogP contribution < -0.4 is 10.0 Å². The number of carbonyl (C=O) groups excluding carboxylic acids is 1. The minimum Gasteiger partial charge on any atom is -0.386 e. The summed E-state index contributed by atoms with van der Waals surface area (Å²) in [4.78, 5) is 12.9. The van der Waals surface area contributed by atoms with E-state index in [0.717, 1.165) is 16.7 Å². The van der Waals surface area contributed by atoms with Gasteiger partial charge in [-0.2, -0.15) is 0 Å². The van der Waals surface area contributed by atoms with Gasteiger partial charge < -0.3 is 10.4 Å². The van der Waals surface area contributed by atoms with Gasteiger partial charge >= 0.3 is 6.03 Å². The number of urea groups is 1. The molecule has 36 heavy (non-hydrogen) atoms. The van der Waals surface area contributed by atoms with Crippen LogP contribution >= 0.6 is 11.6 Å². The largest absolute Gasteiger partial charge is 0.386 e. The normalized spacial score (nSPS) is 12.2. The van der Waals surface area contributed by atoms with Crippen molar-refractivity contribution in [3.8, 4) is 11.1 Å². The summed E-state index contributed by atoms with van der Waals surface area (Å²) in [7, 11) is -4.27. The second-order valence-electron chi connectivity index (χ2n) is 10.00. The first-order valence-corrected chi connectivity index (χ1v) is 13.7. The minimum absolute atomic E-state index is 0.0463. The first-order chi connectivity index (χ1) is 16.7. The zero-order valence-corrected chi connectivity index (χ0v) is 23.0. The van der Waals surface area contributed by atoms with Crippen LogP contribution in [0, 0.1) is 0 Å². The summed E-state index contributed by atoms with van der Waals surface area (Å²) >= 11 is 6.31. The van der Waals surface area contributed by atoms with Gasteiger partial charge in [0, 0.05) is 10.7 Å². The van der Waals surface area contributed by atoms with Crippen molar-refractivity contribution in [3.63, 3.8) is 0 Å². The number of amides is 2. The Morgan fingerprint density at radius 3 is 1.94 bits per heavy atom. The molecule has 0 fully saturated rings. The number of hydrogen-bond acceptors (Lipinski definition) is 4. The molecule has 3 rings (SSSR count). The Kier molecular flexibility index (Phi) is 8.18. The first kappa shape index (κ1) is 27.7. The lowest BCUT2D eigenvalue weighted by Crippen LogP contribution is -2.35. The number of halogens is 1. The Balaban J connectivity index is 2.00. The van der Waals surface area contributed by atoms with E-state index in [9.17, 15) is 18.3 Å². The lowest BCUT2D eigenvalue weighted by Gasteiger charge is -2.22. The third-order valence-electron chi connectivity index (χ3n) is 5.90. The zero-order valence-electron chi connectivity index (χ0n) is 21.4. The van der Waals surface area contributed by atoms with Crippen molar-refractivity contribution in [2.75, 3.05) is 5.32 Å². The van der Waals surface area contributed by atoms with Crippen LogP contribution in [0.25, 0.3) is 11.1 Å². The van der Waals surface area contributed by atoms with Crippen LogP contribution in [0.4, 0.5) is 10.5 Å². The molecule has 0 unspecified atom stereocenters. The maximum atomic E-state index is 13.3. The van der Waals surface area contributed by atoms with Gasteiger partial charge in [0.1, 0.15) is 0 Å². The van der Waals surface area contributed by atoms with Crippen LogP contribution in [0.2, 0.25) is 5.02 Å². The van der Waals surface area contributed by atoms with Gasteiger partial charge in [-0.3, -0.25) is 0 Å². The van der Waals surface area contributed by atoms with Crippen molar-refractivity contribution in [2.45, 2.75) is 63.9 Å². The SMILES string of the molecule is CC(C)c1cc(Cl)cc(C(C)C)c1NC(=O)NS(=O)(=O)c1cc(-c2ccccc2)cc(C(C)(C)O)c1. The molecule has 0 aliphatic rings. The highest BCUT2D eigenvalue weighted by atomic mass is 35.5. The summed E-state index contributed by atoms with van der Waals surface area (Å²) in [6, 6.07) is 16.5. The molecule has 0 saturated heterocycles. The smallest absolute Gasteiger partial charge is 0.333 e. The molecule has 3 N–H and O–H groups in total. The van der Waals surface area contributed by atoms with E-state index in [4.69, 9.17) is 11.6 Å². The summed E-state index contributed by atoms with van der Waals surface area (Å²) in [5.74, 6) is 0.0926. The fraction of sp³-hybridized carbons (Fsp3) is 0.321.